The Labute approximate surface area is 66.9 Å². The van der Waals surface area contributed by atoms with Crippen LogP contribution in [0.2, 0.25) is 0 Å². The van der Waals surface area contributed by atoms with Crippen LogP contribution in [0.1, 0.15) is 5.89 Å². The lowest BCUT2D eigenvalue weighted by Crippen LogP contribution is -1.82. The first-order valence-corrected chi connectivity index (χ1v) is 3.13. The minimum Gasteiger partial charge on any atom is -0.342 e. The van der Waals surface area contributed by atoms with E-state index in [1.807, 2.05) is 0 Å². The molecule has 0 amide bonds. The molecule has 2 aromatic rings. The molecule has 0 bridgehead atoms. The Kier molecular flexibility index (Phi) is 1.35. The van der Waals surface area contributed by atoms with E-state index in [2.05, 4.69) is 24.6 Å². The molecular weight excluding hydrogens is 158 g/mol. The third-order valence-corrected chi connectivity index (χ3v) is 1.23. The quantitative estimate of drug-likeness (QED) is 0.650. The Balaban J connectivity index is 2.44. The van der Waals surface area contributed by atoms with Crippen molar-refractivity contribution in [3.8, 4) is 17.7 Å². The highest BCUT2D eigenvalue weighted by molar-refractivity contribution is 5.41. The van der Waals surface area contributed by atoms with Gasteiger partial charge in [0.05, 0.1) is 0 Å². The number of nitriles is 1. The topological polar surface area (TPSA) is 91.4 Å². The molecule has 12 heavy (non-hydrogen) atoms. The summed E-state index contributed by atoms with van der Waals surface area (Å²) in [6.07, 6.45) is 3.20. The van der Waals surface area contributed by atoms with Gasteiger partial charge < -0.3 is 9.51 Å². The zero-order chi connectivity index (χ0) is 8.39. The first-order valence-electron chi connectivity index (χ1n) is 3.13. The lowest BCUT2D eigenvalue weighted by molar-refractivity contribution is 0.408. The van der Waals surface area contributed by atoms with Crippen molar-refractivity contribution >= 4 is 0 Å². The van der Waals surface area contributed by atoms with E-state index in [9.17, 15) is 0 Å². The molecule has 0 aliphatic carbocycles. The fourth-order valence-electron chi connectivity index (χ4n) is 0.753. The fraction of sp³-hybridized carbons (Fsp3) is 0. The number of nitrogens with zero attached hydrogens (tertiary/aromatic N) is 4. The van der Waals surface area contributed by atoms with Crippen LogP contribution in [0.4, 0.5) is 0 Å². The van der Waals surface area contributed by atoms with Gasteiger partial charge >= 0.3 is 5.89 Å². The zero-order valence-electron chi connectivity index (χ0n) is 5.85. The van der Waals surface area contributed by atoms with Crippen LogP contribution in [0.25, 0.3) is 11.6 Å². The average Bonchev–Trinajstić information content (AvgIpc) is 2.75. The number of aromatic nitrogens is 4. The SMILES string of the molecule is N#Cc1nc(-c2ncc[nH]2)no1. The molecule has 0 atom stereocenters. The van der Waals surface area contributed by atoms with E-state index in [1.165, 1.54) is 0 Å². The summed E-state index contributed by atoms with van der Waals surface area (Å²) in [5.74, 6) is 0.707. The van der Waals surface area contributed by atoms with Crippen LogP contribution in [0, 0.1) is 11.3 Å². The standard InChI is InChI=1S/C6H3N5O/c7-3-4-10-6(11-12-4)5-8-1-2-9-5/h1-2H,(H,8,9). The molecule has 0 fully saturated rings. The van der Waals surface area contributed by atoms with Crippen LogP contribution < -0.4 is 0 Å². The number of rotatable bonds is 1. The Hall–Kier alpha value is -2.16. The molecule has 2 aromatic heterocycles. The summed E-state index contributed by atoms with van der Waals surface area (Å²) in [5.41, 5.74) is 0. The molecule has 2 rings (SSSR count). The summed E-state index contributed by atoms with van der Waals surface area (Å²) >= 11 is 0. The maximum absolute atomic E-state index is 8.37. The average molecular weight is 161 g/mol. The van der Waals surface area contributed by atoms with E-state index in [-0.39, 0.29) is 11.7 Å². The first-order chi connectivity index (χ1) is 5.90. The molecule has 6 heteroatoms. The number of hydrogen-bond donors (Lipinski definition) is 1. The number of aromatic amines is 1. The number of imidazole rings is 1. The van der Waals surface area contributed by atoms with Crippen molar-refractivity contribution in [2.24, 2.45) is 0 Å². The van der Waals surface area contributed by atoms with E-state index in [4.69, 9.17) is 5.26 Å². The lowest BCUT2D eigenvalue weighted by atomic mass is 10.6. The third kappa shape index (κ3) is 0.932. The van der Waals surface area contributed by atoms with Crippen molar-refractivity contribution in [2.45, 2.75) is 0 Å². The summed E-state index contributed by atoms with van der Waals surface area (Å²) in [7, 11) is 0. The Morgan fingerprint density at radius 1 is 1.58 bits per heavy atom. The lowest BCUT2D eigenvalue weighted by Gasteiger charge is -1.80. The van der Waals surface area contributed by atoms with Gasteiger partial charge in [-0.2, -0.15) is 10.2 Å². The summed E-state index contributed by atoms with van der Waals surface area (Å²) in [5, 5.41) is 11.9. The molecule has 0 spiro atoms. The summed E-state index contributed by atoms with van der Waals surface area (Å²) < 4.78 is 4.56. The molecule has 6 nitrogen and oxygen atoms in total. The third-order valence-electron chi connectivity index (χ3n) is 1.23. The molecule has 2 heterocycles. The molecule has 0 aromatic carbocycles. The Morgan fingerprint density at radius 3 is 3.08 bits per heavy atom. The van der Waals surface area contributed by atoms with Gasteiger partial charge in [0, 0.05) is 12.4 Å². The van der Waals surface area contributed by atoms with Gasteiger partial charge in [-0.15, -0.1) is 0 Å². The van der Waals surface area contributed by atoms with Gasteiger partial charge in [0.15, 0.2) is 11.9 Å². The van der Waals surface area contributed by atoms with Gasteiger partial charge in [0.2, 0.25) is 5.82 Å². The number of nitrogens with one attached hydrogen (secondary N) is 1. The van der Waals surface area contributed by atoms with Crippen LogP contribution in [-0.2, 0) is 0 Å². The summed E-state index contributed by atoms with van der Waals surface area (Å²) in [6, 6.07) is 1.73. The molecule has 0 saturated carbocycles. The highest BCUT2D eigenvalue weighted by Gasteiger charge is 2.08. The van der Waals surface area contributed by atoms with Gasteiger partial charge in [-0.05, 0) is 0 Å². The van der Waals surface area contributed by atoms with Crippen LogP contribution in [0.5, 0.6) is 0 Å². The maximum Gasteiger partial charge on any atom is 0.329 e. The van der Waals surface area contributed by atoms with E-state index < -0.39 is 0 Å². The van der Waals surface area contributed by atoms with Gasteiger partial charge in [-0.3, -0.25) is 0 Å². The first kappa shape index (κ1) is 6.54. The second kappa shape index (κ2) is 2.47. The van der Waals surface area contributed by atoms with Gasteiger partial charge in [0.1, 0.15) is 0 Å². The monoisotopic (exact) mass is 161 g/mol. The summed E-state index contributed by atoms with van der Waals surface area (Å²) in [4.78, 5) is 10.4. The molecule has 0 aliphatic rings. The van der Waals surface area contributed by atoms with Gasteiger partial charge in [-0.25, -0.2) is 4.98 Å². The fourth-order valence-corrected chi connectivity index (χ4v) is 0.753. The van der Waals surface area contributed by atoms with E-state index >= 15 is 0 Å². The van der Waals surface area contributed by atoms with Crippen LogP contribution in [-0.4, -0.2) is 20.1 Å². The van der Waals surface area contributed by atoms with Crippen molar-refractivity contribution in [3.05, 3.63) is 18.3 Å². The highest BCUT2D eigenvalue weighted by atomic mass is 16.5. The van der Waals surface area contributed by atoms with Crippen LogP contribution >= 0.6 is 0 Å². The molecule has 0 unspecified atom stereocenters. The second-order valence-electron chi connectivity index (χ2n) is 1.97. The van der Waals surface area contributed by atoms with Crippen LogP contribution in [0.15, 0.2) is 16.9 Å². The molecule has 0 saturated heterocycles. The largest absolute Gasteiger partial charge is 0.342 e. The number of hydrogen-bond acceptors (Lipinski definition) is 5. The van der Waals surface area contributed by atoms with Crippen molar-refractivity contribution in [1.29, 1.82) is 5.26 Å². The van der Waals surface area contributed by atoms with Crippen molar-refractivity contribution < 1.29 is 4.52 Å². The van der Waals surface area contributed by atoms with Gasteiger partial charge in [-0.1, -0.05) is 5.16 Å². The van der Waals surface area contributed by atoms with Crippen molar-refractivity contribution in [2.75, 3.05) is 0 Å². The Bertz CT molecular complexity index is 409. The maximum atomic E-state index is 8.37. The van der Waals surface area contributed by atoms with Gasteiger partial charge in [0.25, 0.3) is 0 Å². The molecular formula is C6H3N5O. The van der Waals surface area contributed by atoms with Crippen LogP contribution in [0.3, 0.4) is 0 Å². The van der Waals surface area contributed by atoms with E-state index in [0.717, 1.165) is 0 Å². The zero-order valence-corrected chi connectivity index (χ0v) is 5.85. The van der Waals surface area contributed by atoms with Crippen molar-refractivity contribution in [1.82, 2.24) is 20.1 Å². The summed E-state index contributed by atoms with van der Waals surface area (Å²) in [6.45, 7) is 0. The highest BCUT2D eigenvalue weighted by Crippen LogP contribution is 2.08. The van der Waals surface area contributed by atoms with E-state index in [1.54, 1.807) is 18.5 Å². The molecule has 1 N–H and O–H groups in total. The second-order valence-corrected chi connectivity index (χ2v) is 1.97. The molecule has 0 aliphatic heterocycles. The minimum absolute atomic E-state index is 0.0681. The minimum atomic E-state index is -0.0681. The predicted octanol–water partition coefficient (Wildman–Crippen LogP) is 0.331. The normalized spacial score (nSPS) is 9.58. The number of H-pyrrole nitrogens is 1. The predicted molar refractivity (Wildman–Crippen MR) is 36.6 cm³/mol. The Morgan fingerprint density at radius 2 is 2.50 bits per heavy atom. The molecule has 0 radical (unpaired) electrons. The molecule has 58 valence electrons. The van der Waals surface area contributed by atoms with Crippen molar-refractivity contribution in [3.63, 3.8) is 0 Å². The van der Waals surface area contributed by atoms with E-state index in [0.29, 0.717) is 5.82 Å². The smallest absolute Gasteiger partial charge is 0.329 e.